The molecule has 0 spiro atoms. The van der Waals surface area contributed by atoms with Crippen LogP contribution in [0.25, 0.3) is 0 Å². The number of carbonyl (C=O) groups excluding carboxylic acids is 2. The Bertz CT molecular complexity index is 606. The third-order valence-corrected chi connectivity index (χ3v) is 3.79. The maximum Gasteiger partial charge on any atom is 0.294 e. The summed E-state index contributed by atoms with van der Waals surface area (Å²) in [5.74, 6) is -0.213. The predicted molar refractivity (Wildman–Crippen MR) is 72.6 cm³/mol. The molecule has 0 saturated carbocycles. The molecule has 1 N–H and O–H groups in total. The van der Waals surface area contributed by atoms with Gasteiger partial charge < -0.3 is 0 Å². The molecule has 1 atom stereocenters. The minimum Gasteiger partial charge on any atom is -0.286 e. The van der Waals surface area contributed by atoms with E-state index in [1.54, 1.807) is 19.1 Å². The molecule has 6 nitrogen and oxygen atoms in total. The zero-order valence-corrected chi connectivity index (χ0v) is 12.3. The van der Waals surface area contributed by atoms with E-state index in [0.717, 1.165) is 5.56 Å². The molecule has 1 heterocycles. The van der Waals surface area contributed by atoms with Gasteiger partial charge in [-0.3, -0.25) is 19.0 Å². The molecular weight excluding hydrogens is 282 g/mol. The number of aryl methyl sites for hydroxylation is 1. The number of hydrogen-bond donors (Lipinski definition) is 1. The van der Waals surface area contributed by atoms with Crippen molar-refractivity contribution in [2.75, 3.05) is 7.05 Å². The van der Waals surface area contributed by atoms with E-state index >= 15 is 0 Å². The fraction of sp³-hybridized carbons (Fsp3) is 0.385. The standard InChI is InChI=1S/C7H8O3S.C6H9NO2/c1-6-2-4-7(5-3-6)11(8,9)10;1-4-3-5(8)7(2)6(4)9/h2-5H,1H3,(H,8,9,10);4H,3H2,1-2H3. The number of nitrogens with zero attached hydrogens (tertiary/aromatic N) is 1. The normalized spacial score (nSPS) is 18.8. The highest BCUT2D eigenvalue weighted by Gasteiger charge is 2.32. The van der Waals surface area contributed by atoms with Gasteiger partial charge in [-0.05, 0) is 19.1 Å². The third-order valence-electron chi connectivity index (χ3n) is 2.93. The molecule has 2 amide bonds. The Hall–Kier alpha value is -1.73. The summed E-state index contributed by atoms with van der Waals surface area (Å²) < 4.78 is 29.6. The number of benzene rings is 1. The van der Waals surface area contributed by atoms with Crippen molar-refractivity contribution in [2.45, 2.75) is 25.2 Å². The van der Waals surface area contributed by atoms with Crippen LogP contribution in [0.4, 0.5) is 0 Å². The van der Waals surface area contributed by atoms with Crippen LogP contribution >= 0.6 is 0 Å². The average Bonchev–Trinajstić information content (AvgIpc) is 2.56. The fourth-order valence-corrected chi connectivity index (χ4v) is 2.13. The van der Waals surface area contributed by atoms with Gasteiger partial charge in [-0.1, -0.05) is 24.6 Å². The molecule has 1 saturated heterocycles. The Morgan fingerprint density at radius 1 is 1.20 bits per heavy atom. The number of amides is 2. The molecule has 1 aromatic rings. The van der Waals surface area contributed by atoms with E-state index in [0.29, 0.717) is 6.42 Å². The minimum absolute atomic E-state index is 0.0556. The molecule has 110 valence electrons. The van der Waals surface area contributed by atoms with Crippen LogP contribution in [0.5, 0.6) is 0 Å². The SMILES string of the molecule is CC1CC(=O)N(C)C1=O.Cc1ccc(S(=O)(=O)O)cc1. The van der Waals surface area contributed by atoms with E-state index in [1.807, 2.05) is 6.92 Å². The molecule has 1 fully saturated rings. The number of hydrogen-bond acceptors (Lipinski definition) is 4. The lowest BCUT2D eigenvalue weighted by molar-refractivity contribution is -0.137. The Kier molecular flexibility index (Phi) is 5.02. The summed E-state index contributed by atoms with van der Waals surface area (Å²) in [6.07, 6.45) is 0.384. The summed E-state index contributed by atoms with van der Waals surface area (Å²) in [6, 6.07) is 5.99. The van der Waals surface area contributed by atoms with Crippen molar-refractivity contribution >= 4 is 21.9 Å². The number of rotatable bonds is 1. The molecule has 0 bridgehead atoms. The van der Waals surface area contributed by atoms with Crippen molar-refractivity contribution in [3.63, 3.8) is 0 Å². The van der Waals surface area contributed by atoms with Gasteiger partial charge in [-0.25, -0.2) is 0 Å². The first kappa shape index (κ1) is 16.3. The van der Waals surface area contributed by atoms with Gasteiger partial charge in [0.25, 0.3) is 10.1 Å². The maximum atomic E-state index is 10.8. The minimum atomic E-state index is -4.02. The highest BCUT2D eigenvalue weighted by Crippen LogP contribution is 2.15. The largest absolute Gasteiger partial charge is 0.294 e. The highest BCUT2D eigenvalue weighted by molar-refractivity contribution is 7.85. The summed E-state index contributed by atoms with van der Waals surface area (Å²) >= 11 is 0. The van der Waals surface area contributed by atoms with Gasteiger partial charge in [0, 0.05) is 19.4 Å². The summed E-state index contributed by atoms with van der Waals surface area (Å²) in [4.78, 5) is 22.6. The Balaban J connectivity index is 0.000000204. The van der Waals surface area contributed by atoms with Gasteiger partial charge in [-0.15, -0.1) is 0 Å². The van der Waals surface area contributed by atoms with Crippen LogP contribution in [0.2, 0.25) is 0 Å². The predicted octanol–water partition coefficient (Wildman–Crippen LogP) is 1.25. The monoisotopic (exact) mass is 299 g/mol. The lowest BCUT2D eigenvalue weighted by atomic mass is 10.1. The van der Waals surface area contributed by atoms with Crippen LogP contribution in [0, 0.1) is 12.8 Å². The first-order valence-corrected chi connectivity index (χ1v) is 7.41. The molecule has 0 aliphatic carbocycles. The Morgan fingerprint density at radius 3 is 1.95 bits per heavy atom. The third kappa shape index (κ3) is 4.14. The maximum absolute atomic E-state index is 10.8. The summed E-state index contributed by atoms with van der Waals surface area (Å²) in [5.41, 5.74) is 0.956. The van der Waals surface area contributed by atoms with Crippen LogP contribution in [0.3, 0.4) is 0 Å². The Morgan fingerprint density at radius 2 is 1.70 bits per heavy atom. The highest BCUT2D eigenvalue weighted by atomic mass is 32.2. The van der Waals surface area contributed by atoms with Crippen molar-refractivity contribution in [2.24, 2.45) is 5.92 Å². The van der Waals surface area contributed by atoms with Crippen LogP contribution in [-0.2, 0) is 19.7 Å². The van der Waals surface area contributed by atoms with E-state index in [4.69, 9.17) is 4.55 Å². The molecule has 1 aliphatic rings. The second-order valence-corrected chi connectivity index (χ2v) is 6.11. The number of carbonyl (C=O) groups is 2. The van der Waals surface area contributed by atoms with E-state index in [1.165, 1.54) is 24.1 Å². The second kappa shape index (κ2) is 6.15. The molecule has 2 rings (SSSR count). The summed E-state index contributed by atoms with van der Waals surface area (Å²) in [5, 5.41) is 0. The molecule has 20 heavy (non-hydrogen) atoms. The molecule has 1 aromatic carbocycles. The average molecular weight is 299 g/mol. The summed E-state index contributed by atoms with van der Waals surface area (Å²) in [6.45, 7) is 3.61. The zero-order chi connectivity index (χ0) is 15.5. The molecule has 0 radical (unpaired) electrons. The summed E-state index contributed by atoms with van der Waals surface area (Å²) in [7, 11) is -2.50. The van der Waals surface area contributed by atoms with Gasteiger partial charge in [0.15, 0.2) is 0 Å². The second-order valence-electron chi connectivity index (χ2n) is 4.68. The van der Waals surface area contributed by atoms with E-state index in [2.05, 4.69) is 0 Å². The zero-order valence-electron chi connectivity index (χ0n) is 11.5. The van der Waals surface area contributed by atoms with Gasteiger partial charge in [0.2, 0.25) is 11.8 Å². The van der Waals surface area contributed by atoms with Crippen LogP contribution in [0.1, 0.15) is 18.9 Å². The van der Waals surface area contributed by atoms with Crippen molar-refractivity contribution in [3.8, 4) is 0 Å². The van der Waals surface area contributed by atoms with Crippen molar-refractivity contribution in [1.29, 1.82) is 0 Å². The van der Waals surface area contributed by atoms with Crippen LogP contribution in [-0.4, -0.2) is 36.7 Å². The van der Waals surface area contributed by atoms with Crippen LogP contribution < -0.4 is 0 Å². The molecule has 1 aliphatic heterocycles. The first-order valence-electron chi connectivity index (χ1n) is 5.97. The Labute approximate surface area is 118 Å². The van der Waals surface area contributed by atoms with Crippen molar-refractivity contribution in [3.05, 3.63) is 29.8 Å². The van der Waals surface area contributed by atoms with E-state index < -0.39 is 10.1 Å². The van der Waals surface area contributed by atoms with E-state index in [9.17, 15) is 18.0 Å². The molecule has 7 heteroatoms. The van der Waals surface area contributed by atoms with Gasteiger partial charge >= 0.3 is 0 Å². The number of likely N-dealkylation sites (tertiary alicyclic amines) is 1. The van der Waals surface area contributed by atoms with Crippen molar-refractivity contribution in [1.82, 2.24) is 4.90 Å². The smallest absolute Gasteiger partial charge is 0.286 e. The number of imide groups is 1. The molecular formula is C13H17NO5S. The fourth-order valence-electron chi connectivity index (χ4n) is 1.65. The molecule has 0 aromatic heterocycles. The van der Waals surface area contributed by atoms with Gasteiger partial charge in [0.05, 0.1) is 4.90 Å². The molecule has 1 unspecified atom stereocenters. The van der Waals surface area contributed by atoms with Crippen LogP contribution in [0.15, 0.2) is 29.2 Å². The topological polar surface area (TPSA) is 91.8 Å². The van der Waals surface area contributed by atoms with Gasteiger partial charge in [-0.2, -0.15) is 8.42 Å². The van der Waals surface area contributed by atoms with E-state index in [-0.39, 0.29) is 22.6 Å². The quantitative estimate of drug-likeness (QED) is 0.622. The van der Waals surface area contributed by atoms with Gasteiger partial charge in [0.1, 0.15) is 0 Å². The first-order chi connectivity index (χ1) is 9.12. The lowest BCUT2D eigenvalue weighted by Crippen LogP contribution is -2.24. The van der Waals surface area contributed by atoms with Crippen molar-refractivity contribution < 1.29 is 22.6 Å². The lowest BCUT2D eigenvalue weighted by Gasteiger charge is -2.03.